The van der Waals surface area contributed by atoms with Crippen LogP contribution in [0.5, 0.6) is 5.75 Å². The lowest BCUT2D eigenvalue weighted by molar-refractivity contribution is 0.340. The lowest BCUT2D eigenvalue weighted by Crippen LogP contribution is -2.20. The van der Waals surface area contributed by atoms with Crippen molar-refractivity contribution in [2.75, 3.05) is 6.61 Å². The van der Waals surface area contributed by atoms with Gasteiger partial charge in [-0.1, -0.05) is 55.8 Å². The van der Waals surface area contributed by atoms with Gasteiger partial charge in [-0.25, -0.2) is 0 Å². The van der Waals surface area contributed by atoms with Crippen molar-refractivity contribution in [3.8, 4) is 5.75 Å². The SMILES string of the molecule is CCCC(NCc1ccc(OCC)cc1)c1ccccc1. The highest BCUT2D eigenvalue weighted by Crippen LogP contribution is 2.19. The van der Waals surface area contributed by atoms with Crippen LogP contribution in [0.4, 0.5) is 0 Å². The van der Waals surface area contributed by atoms with E-state index in [1.54, 1.807) is 0 Å². The molecule has 0 aromatic heterocycles. The molecule has 2 aromatic rings. The highest BCUT2D eigenvalue weighted by Gasteiger charge is 2.09. The standard InChI is InChI=1S/C19H25NO/c1-3-8-19(17-9-6-5-7-10-17)20-15-16-11-13-18(14-12-16)21-4-2/h5-7,9-14,19-20H,3-4,8,15H2,1-2H3. The number of benzene rings is 2. The van der Waals surface area contributed by atoms with Crippen LogP contribution >= 0.6 is 0 Å². The van der Waals surface area contributed by atoms with Crippen molar-refractivity contribution in [2.24, 2.45) is 0 Å². The summed E-state index contributed by atoms with van der Waals surface area (Å²) in [5.41, 5.74) is 2.65. The summed E-state index contributed by atoms with van der Waals surface area (Å²) in [6, 6.07) is 19.4. The third-order valence-electron chi connectivity index (χ3n) is 3.57. The fourth-order valence-electron chi connectivity index (χ4n) is 2.47. The van der Waals surface area contributed by atoms with E-state index in [-0.39, 0.29) is 0 Å². The Bertz CT molecular complexity index is 507. The molecule has 0 amide bonds. The fourth-order valence-corrected chi connectivity index (χ4v) is 2.47. The van der Waals surface area contributed by atoms with Crippen LogP contribution < -0.4 is 10.1 Å². The van der Waals surface area contributed by atoms with Crippen LogP contribution in [0.25, 0.3) is 0 Å². The molecule has 2 heteroatoms. The normalized spacial score (nSPS) is 12.1. The first-order chi connectivity index (χ1) is 10.3. The molecule has 21 heavy (non-hydrogen) atoms. The molecule has 0 aliphatic carbocycles. The summed E-state index contributed by atoms with van der Waals surface area (Å²) in [5, 5.41) is 3.66. The van der Waals surface area contributed by atoms with Crippen molar-refractivity contribution in [1.82, 2.24) is 5.32 Å². The van der Waals surface area contributed by atoms with E-state index >= 15 is 0 Å². The van der Waals surface area contributed by atoms with E-state index in [0.717, 1.165) is 18.7 Å². The molecule has 0 saturated heterocycles. The summed E-state index contributed by atoms with van der Waals surface area (Å²) in [5.74, 6) is 0.939. The molecule has 0 fully saturated rings. The van der Waals surface area contributed by atoms with Crippen LogP contribution in [0.15, 0.2) is 54.6 Å². The van der Waals surface area contributed by atoms with Crippen LogP contribution in [-0.4, -0.2) is 6.61 Å². The summed E-state index contributed by atoms with van der Waals surface area (Å²) >= 11 is 0. The molecular formula is C19H25NO. The molecule has 1 N–H and O–H groups in total. The quantitative estimate of drug-likeness (QED) is 0.757. The average Bonchev–Trinajstić information content (AvgIpc) is 2.54. The predicted octanol–water partition coefficient (Wildman–Crippen LogP) is 4.72. The third-order valence-corrected chi connectivity index (χ3v) is 3.57. The third kappa shape index (κ3) is 4.91. The molecule has 2 rings (SSSR count). The summed E-state index contributed by atoms with van der Waals surface area (Å²) < 4.78 is 5.47. The van der Waals surface area contributed by atoms with Crippen LogP contribution in [0.1, 0.15) is 43.9 Å². The predicted molar refractivity (Wildman–Crippen MR) is 88.5 cm³/mol. The van der Waals surface area contributed by atoms with Crippen molar-refractivity contribution in [2.45, 2.75) is 39.3 Å². The average molecular weight is 283 g/mol. The van der Waals surface area contributed by atoms with Crippen molar-refractivity contribution in [3.05, 3.63) is 65.7 Å². The molecule has 2 aromatic carbocycles. The Kier molecular flexibility index (Phi) is 6.29. The molecule has 2 nitrogen and oxygen atoms in total. The molecular weight excluding hydrogens is 258 g/mol. The minimum absolute atomic E-state index is 0.419. The zero-order chi connectivity index (χ0) is 14.9. The zero-order valence-corrected chi connectivity index (χ0v) is 13.0. The maximum absolute atomic E-state index is 5.47. The lowest BCUT2D eigenvalue weighted by Gasteiger charge is -2.19. The topological polar surface area (TPSA) is 21.3 Å². The summed E-state index contributed by atoms with van der Waals surface area (Å²) in [6.07, 6.45) is 2.33. The van der Waals surface area contributed by atoms with Gasteiger partial charge in [0.2, 0.25) is 0 Å². The molecule has 1 unspecified atom stereocenters. The Balaban J connectivity index is 1.95. The first-order valence-corrected chi connectivity index (χ1v) is 7.83. The fraction of sp³-hybridized carbons (Fsp3) is 0.368. The number of rotatable bonds is 8. The zero-order valence-electron chi connectivity index (χ0n) is 13.0. The molecule has 1 atom stereocenters. The van der Waals surface area contributed by atoms with Gasteiger partial charge in [-0.05, 0) is 36.6 Å². The van der Waals surface area contributed by atoms with Crippen molar-refractivity contribution in [3.63, 3.8) is 0 Å². The minimum Gasteiger partial charge on any atom is -0.494 e. The van der Waals surface area contributed by atoms with Crippen molar-refractivity contribution >= 4 is 0 Å². The van der Waals surface area contributed by atoms with E-state index in [2.05, 4.69) is 54.7 Å². The Morgan fingerprint density at radius 1 is 0.952 bits per heavy atom. The molecule has 0 radical (unpaired) electrons. The molecule has 0 spiro atoms. The monoisotopic (exact) mass is 283 g/mol. The van der Waals surface area contributed by atoms with E-state index in [0.29, 0.717) is 12.6 Å². The van der Waals surface area contributed by atoms with E-state index < -0.39 is 0 Å². The Morgan fingerprint density at radius 2 is 1.67 bits per heavy atom. The molecule has 0 bridgehead atoms. The largest absolute Gasteiger partial charge is 0.494 e. The maximum atomic E-state index is 5.47. The van der Waals surface area contributed by atoms with Gasteiger partial charge in [0.25, 0.3) is 0 Å². The first kappa shape index (κ1) is 15.6. The van der Waals surface area contributed by atoms with Crippen LogP contribution in [0, 0.1) is 0 Å². The number of ether oxygens (including phenoxy) is 1. The van der Waals surface area contributed by atoms with Gasteiger partial charge in [0, 0.05) is 12.6 Å². The molecule has 0 heterocycles. The number of hydrogen-bond donors (Lipinski definition) is 1. The molecule has 112 valence electrons. The van der Waals surface area contributed by atoms with Gasteiger partial charge < -0.3 is 10.1 Å². The summed E-state index contributed by atoms with van der Waals surface area (Å²) in [4.78, 5) is 0. The second kappa shape index (κ2) is 8.48. The van der Waals surface area contributed by atoms with Crippen LogP contribution in [0.2, 0.25) is 0 Å². The molecule has 0 saturated carbocycles. The van der Waals surface area contributed by atoms with E-state index in [1.165, 1.54) is 17.5 Å². The summed E-state index contributed by atoms with van der Waals surface area (Å²) in [6.45, 7) is 5.83. The van der Waals surface area contributed by atoms with Crippen molar-refractivity contribution in [1.29, 1.82) is 0 Å². The maximum Gasteiger partial charge on any atom is 0.119 e. The van der Waals surface area contributed by atoms with E-state index in [4.69, 9.17) is 4.74 Å². The molecule has 0 aliphatic heterocycles. The second-order valence-corrected chi connectivity index (χ2v) is 5.21. The highest BCUT2D eigenvalue weighted by molar-refractivity contribution is 5.27. The van der Waals surface area contributed by atoms with Gasteiger partial charge in [-0.3, -0.25) is 0 Å². The van der Waals surface area contributed by atoms with Gasteiger partial charge >= 0.3 is 0 Å². The van der Waals surface area contributed by atoms with Crippen LogP contribution in [0.3, 0.4) is 0 Å². The Morgan fingerprint density at radius 3 is 2.29 bits per heavy atom. The first-order valence-electron chi connectivity index (χ1n) is 7.83. The van der Waals surface area contributed by atoms with Gasteiger partial charge in [-0.15, -0.1) is 0 Å². The van der Waals surface area contributed by atoms with Gasteiger partial charge in [0.15, 0.2) is 0 Å². The summed E-state index contributed by atoms with van der Waals surface area (Å²) in [7, 11) is 0. The number of hydrogen-bond acceptors (Lipinski definition) is 2. The lowest BCUT2D eigenvalue weighted by atomic mass is 10.0. The minimum atomic E-state index is 0.419. The van der Waals surface area contributed by atoms with Crippen molar-refractivity contribution < 1.29 is 4.74 Å². The smallest absolute Gasteiger partial charge is 0.119 e. The number of nitrogens with one attached hydrogen (secondary N) is 1. The highest BCUT2D eigenvalue weighted by atomic mass is 16.5. The second-order valence-electron chi connectivity index (χ2n) is 5.21. The van der Waals surface area contributed by atoms with Gasteiger partial charge in [0.05, 0.1) is 6.61 Å². The Hall–Kier alpha value is -1.80. The van der Waals surface area contributed by atoms with Gasteiger partial charge in [-0.2, -0.15) is 0 Å². The Labute approximate surface area is 128 Å². The molecule has 0 aliphatic rings. The van der Waals surface area contributed by atoms with Gasteiger partial charge in [0.1, 0.15) is 5.75 Å². The van der Waals surface area contributed by atoms with Crippen LogP contribution in [-0.2, 0) is 6.54 Å². The van der Waals surface area contributed by atoms with E-state index in [9.17, 15) is 0 Å². The van der Waals surface area contributed by atoms with E-state index in [1.807, 2.05) is 19.1 Å².